The zero-order valence-corrected chi connectivity index (χ0v) is 10.2. The largest absolute Gasteiger partial charge is 0.488 e. The Hall–Kier alpha value is -0.260. The lowest BCUT2D eigenvalue weighted by atomic mass is 10.2. The Kier molecular flexibility index (Phi) is 4.74. The monoisotopic (exact) mass is 218 g/mol. The third kappa shape index (κ3) is 5.13. The standard InChI is InChI=1S/C10H15OP.ClH/c1-10(2,3)11-8-5-4-6-9(12)7-8;/h4-7H,12H2,1-3H3;1H. The van der Waals surface area contributed by atoms with Gasteiger partial charge < -0.3 is 4.74 Å². The van der Waals surface area contributed by atoms with Gasteiger partial charge in [0, 0.05) is 0 Å². The van der Waals surface area contributed by atoms with E-state index in [1.54, 1.807) is 0 Å². The van der Waals surface area contributed by atoms with Gasteiger partial charge >= 0.3 is 0 Å². The van der Waals surface area contributed by atoms with E-state index in [2.05, 4.69) is 9.24 Å². The summed E-state index contributed by atoms with van der Waals surface area (Å²) in [5.41, 5.74) is -0.113. The van der Waals surface area contributed by atoms with Crippen LogP contribution in [0.15, 0.2) is 24.3 Å². The smallest absolute Gasteiger partial charge is 0.120 e. The lowest BCUT2D eigenvalue weighted by Gasteiger charge is -2.21. The van der Waals surface area contributed by atoms with Gasteiger partial charge in [-0.3, -0.25) is 0 Å². The van der Waals surface area contributed by atoms with E-state index >= 15 is 0 Å². The molecule has 1 atom stereocenters. The van der Waals surface area contributed by atoms with Crippen LogP contribution in [0.2, 0.25) is 0 Å². The molecule has 1 rings (SSSR count). The minimum atomic E-state index is -0.113. The first kappa shape index (κ1) is 12.7. The molecule has 0 N–H and O–H groups in total. The van der Waals surface area contributed by atoms with Gasteiger partial charge in [-0.05, 0) is 38.2 Å². The van der Waals surface area contributed by atoms with Crippen molar-refractivity contribution in [3.8, 4) is 5.75 Å². The molecule has 0 bridgehead atoms. The van der Waals surface area contributed by atoms with Crippen molar-refractivity contribution in [3.63, 3.8) is 0 Å². The molecule has 0 amide bonds. The van der Waals surface area contributed by atoms with Crippen molar-refractivity contribution in [2.45, 2.75) is 26.4 Å². The van der Waals surface area contributed by atoms with E-state index in [1.807, 2.05) is 45.0 Å². The maximum atomic E-state index is 5.67. The molecule has 3 heteroatoms. The van der Waals surface area contributed by atoms with Gasteiger partial charge in [0.25, 0.3) is 0 Å². The molecule has 1 aromatic carbocycles. The van der Waals surface area contributed by atoms with Crippen molar-refractivity contribution in [2.75, 3.05) is 0 Å². The predicted octanol–water partition coefficient (Wildman–Crippen LogP) is 2.79. The summed E-state index contributed by atoms with van der Waals surface area (Å²) < 4.78 is 5.67. The van der Waals surface area contributed by atoms with E-state index < -0.39 is 0 Å². The third-order valence-electron chi connectivity index (χ3n) is 1.28. The van der Waals surface area contributed by atoms with Crippen LogP contribution in [-0.4, -0.2) is 5.60 Å². The van der Waals surface area contributed by atoms with E-state index in [0.29, 0.717) is 0 Å². The second-order valence-electron chi connectivity index (χ2n) is 3.79. The van der Waals surface area contributed by atoms with Crippen molar-refractivity contribution in [1.82, 2.24) is 0 Å². The number of halogens is 1. The van der Waals surface area contributed by atoms with Crippen LogP contribution in [0, 0.1) is 0 Å². The molecule has 0 saturated carbocycles. The number of hydrogen-bond acceptors (Lipinski definition) is 1. The summed E-state index contributed by atoms with van der Waals surface area (Å²) >= 11 is 0. The molecule has 74 valence electrons. The van der Waals surface area contributed by atoms with Gasteiger partial charge in [-0.1, -0.05) is 12.1 Å². The number of hydrogen-bond donors (Lipinski definition) is 0. The number of rotatable bonds is 1. The summed E-state index contributed by atoms with van der Waals surface area (Å²) in [5.74, 6) is 0.926. The summed E-state index contributed by atoms with van der Waals surface area (Å²) in [7, 11) is 2.65. The molecule has 13 heavy (non-hydrogen) atoms. The van der Waals surface area contributed by atoms with Gasteiger partial charge in [0.05, 0.1) is 0 Å². The van der Waals surface area contributed by atoms with Crippen molar-refractivity contribution < 1.29 is 4.74 Å². The fourth-order valence-electron chi connectivity index (χ4n) is 0.932. The highest BCUT2D eigenvalue weighted by Crippen LogP contribution is 2.16. The minimum Gasteiger partial charge on any atom is -0.488 e. The van der Waals surface area contributed by atoms with Gasteiger partial charge in [0.15, 0.2) is 0 Å². The molecule has 0 aromatic heterocycles. The van der Waals surface area contributed by atoms with Crippen LogP contribution < -0.4 is 10.0 Å². The van der Waals surface area contributed by atoms with E-state index in [1.165, 1.54) is 0 Å². The zero-order chi connectivity index (χ0) is 9.19. The summed E-state index contributed by atoms with van der Waals surface area (Å²) in [5, 5.41) is 1.15. The molecule has 0 aliphatic heterocycles. The van der Waals surface area contributed by atoms with E-state index in [4.69, 9.17) is 4.74 Å². The van der Waals surface area contributed by atoms with E-state index in [-0.39, 0.29) is 18.0 Å². The second kappa shape index (κ2) is 4.83. The van der Waals surface area contributed by atoms with Gasteiger partial charge in [-0.25, -0.2) is 0 Å². The van der Waals surface area contributed by atoms with Gasteiger partial charge in [-0.2, -0.15) is 0 Å². The van der Waals surface area contributed by atoms with Crippen LogP contribution in [0.5, 0.6) is 5.75 Å². The zero-order valence-electron chi connectivity index (χ0n) is 8.20. The van der Waals surface area contributed by atoms with Crippen molar-refractivity contribution in [1.29, 1.82) is 0 Å². The lowest BCUT2D eigenvalue weighted by Crippen LogP contribution is -2.23. The van der Waals surface area contributed by atoms with E-state index in [9.17, 15) is 0 Å². The van der Waals surface area contributed by atoms with Gasteiger partial charge in [0.1, 0.15) is 11.4 Å². The first-order chi connectivity index (χ1) is 5.47. The Balaban J connectivity index is 0.00000144. The summed E-state index contributed by atoms with van der Waals surface area (Å²) in [6.45, 7) is 6.13. The van der Waals surface area contributed by atoms with Gasteiger partial charge in [0.2, 0.25) is 0 Å². The molecule has 1 nitrogen and oxygen atoms in total. The molecule has 1 unspecified atom stereocenters. The van der Waals surface area contributed by atoms with Gasteiger partial charge in [-0.15, -0.1) is 21.6 Å². The summed E-state index contributed by atoms with van der Waals surface area (Å²) in [6, 6.07) is 8.00. The second-order valence-corrected chi connectivity index (χ2v) is 4.45. The topological polar surface area (TPSA) is 9.23 Å². The molecule has 0 fully saturated rings. The number of ether oxygens (including phenoxy) is 1. The van der Waals surface area contributed by atoms with Crippen LogP contribution in [0.3, 0.4) is 0 Å². The Morgan fingerprint density at radius 1 is 1.23 bits per heavy atom. The lowest BCUT2D eigenvalue weighted by molar-refractivity contribution is 0.131. The molecule has 0 aliphatic carbocycles. The fourth-order valence-corrected chi connectivity index (χ4v) is 1.21. The molecule has 0 heterocycles. The van der Waals surface area contributed by atoms with Crippen molar-refractivity contribution >= 4 is 27.0 Å². The average Bonchev–Trinajstić information content (AvgIpc) is 1.82. The molecule has 0 aliphatic rings. The molecular formula is C10H16ClOP. The third-order valence-corrected chi connectivity index (χ3v) is 1.64. The summed E-state index contributed by atoms with van der Waals surface area (Å²) in [6.07, 6.45) is 0. The molecule has 0 spiro atoms. The Labute approximate surface area is 88.5 Å². The van der Waals surface area contributed by atoms with Crippen LogP contribution in [-0.2, 0) is 0 Å². The Morgan fingerprint density at radius 3 is 2.31 bits per heavy atom. The highest BCUT2D eigenvalue weighted by Gasteiger charge is 2.10. The first-order valence-electron chi connectivity index (χ1n) is 4.02. The maximum absolute atomic E-state index is 5.67. The Morgan fingerprint density at radius 2 is 1.85 bits per heavy atom. The normalized spacial score (nSPS) is 10.5. The summed E-state index contributed by atoms with van der Waals surface area (Å²) in [4.78, 5) is 0. The van der Waals surface area contributed by atoms with E-state index in [0.717, 1.165) is 11.1 Å². The highest BCUT2D eigenvalue weighted by atomic mass is 35.5. The highest BCUT2D eigenvalue weighted by molar-refractivity contribution is 7.27. The molecule has 0 saturated heterocycles. The van der Waals surface area contributed by atoms with Crippen molar-refractivity contribution in [2.24, 2.45) is 0 Å². The Bertz CT molecular complexity index is 268. The van der Waals surface area contributed by atoms with Crippen LogP contribution >= 0.6 is 21.6 Å². The predicted molar refractivity (Wildman–Crippen MR) is 63.4 cm³/mol. The number of benzene rings is 1. The first-order valence-corrected chi connectivity index (χ1v) is 4.60. The van der Waals surface area contributed by atoms with Crippen LogP contribution in [0.25, 0.3) is 0 Å². The SMILES string of the molecule is CC(C)(C)Oc1cccc(P)c1.Cl. The van der Waals surface area contributed by atoms with Crippen LogP contribution in [0.4, 0.5) is 0 Å². The molecular weight excluding hydrogens is 203 g/mol. The maximum Gasteiger partial charge on any atom is 0.120 e. The minimum absolute atomic E-state index is 0. The fraction of sp³-hybridized carbons (Fsp3) is 0.400. The average molecular weight is 219 g/mol. The van der Waals surface area contributed by atoms with Crippen molar-refractivity contribution in [3.05, 3.63) is 24.3 Å². The van der Waals surface area contributed by atoms with Crippen LogP contribution in [0.1, 0.15) is 20.8 Å². The quantitative estimate of drug-likeness (QED) is 0.659. The molecule has 1 aromatic rings. The molecule has 0 radical (unpaired) electrons.